The number of methoxy groups -OCH3 is 1. The van der Waals surface area contributed by atoms with Crippen molar-refractivity contribution in [3.05, 3.63) is 58.7 Å². The molecule has 0 aliphatic rings. The Kier molecular flexibility index (Phi) is 4.30. The number of ether oxygens (including phenoxy) is 1. The maximum Gasteiger partial charge on any atom is 0.164 e. The number of benzene rings is 2. The molecular formula is C19H13Cl2N3O3. The van der Waals surface area contributed by atoms with E-state index in [-0.39, 0.29) is 27.1 Å². The quantitative estimate of drug-likeness (QED) is 0.514. The molecular weight excluding hydrogens is 389 g/mol. The third-order valence-corrected chi connectivity index (χ3v) is 4.80. The molecule has 8 heteroatoms. The normalized spacial score (nSPS) is 11.1. The molecule has 0 aliphatic carbocycles. The number of rotatable bonds is 3. The summed E-state index contributed by atoms with van der Waals surface area (Å²) >= 11 is 12.1. The molecule has 136 valence electrons. The van der Waals surface area contributed by atoms with Crippen LogP contribution in [-0.4, -0.2) is 31.9 Å². The SMILES string of the molecule is COc1ccc(-n2c(-c3cc(Cl)c(O)c(Cl)c3O)nc3cccnc32)cc1. The number of pyridine rings is 1. The highest BCUT2D eigenvalue weighted by molar-refractivity contribution is 6.38. The molecule has 0 spiro atoms. The van der Waals surface area contributed by atoms with Crippen LogP contribution in [0.25, 0.3) is 28.2 Å². The molecule has 2 aromatic carbocycles. The second-order valence-corrected chi connectivity index (χ2v) is 6.52. The van der Waals surface area contributed by atoms with E-state index in [1.54, 1.807) is 23.9 Å². The molecule has 0 saturated heterocycles. The Balaban J connectivity index is 2.05. The largest absolute Gasteiger partial charge is 0.505 e. The fraction of sp³-hybridized carbons (Fsp3) is 0.0526. The van der Waals surface area contributed by atoms with E-state index in [4.69, 9.17) is 27.9 Å². The Hall–Kier alpha value is -2.96. The van der Waals surface area contributed by atoms with Crippen molar-refractivity contribution in [1.29, 1.82) is 0 Å². The van der Waals surface area contributed by atoms with Gasteiger partial charge in [-0.05, 0) is 42.5 Å². The predicted octanol–water partition coefficient (Wildman–Crippen LogP) is 4.81. The third-order valence-electron chi connectivity index (χ3n) is 4.16. The van der Waals surface area contributed by atoms with Gasteiger partial charge >= 0.3 is 0 Å². The molecule has 0 radical (unpaired) electrons. The molecule has 27 heavy (non-hydrogen) atoms. The number of phenolic OH excluding ortho intramolecular Hbond substituents is 2. The molecule has 6 nitrogen and oxygen atoms in total. The van der Waals surface area contributed by atoms with Crippen molar-refractivity contribution in [1.82, 2.24) is 14.5 Å². The van der Waals surface area contributed by atoms with Gasteiger partial charge in [0.2, 0.25) is 0 Å². The van der Waals surface area contributed by atoms with Crippen molar-refractivity contribution in [2.45, 2.75) is 0 Å². The van der Waals surface area contributed by atoms with E-state index in [0.29, 0.717) is 22.7 Å². The van der Waals surface area contributed by atoms with Crippen molar-refractivity contribution in [2.24, 2.45) is 0 Å². The van der Waals surface area contributed by atoms with Crippen LogP contribution in [0.4, 0.5) is 0 Å². The maximum absolute atomic E-state index is 10.5. The van der Waals surface area contributed by atoms with Crippen LogP contribution in [0.1, 0.15) is 0 Å². The van der Waals surface area contributed by atoms with Gasteiger partial charge in [-0.1, -0.05) is 23.2 Å². The zero-order valence-corrected chi connectivity index (χ0v) is 15.5. The number of phenols is 2. The van der Waals surface area contributed by atoms with Crippen LogP contribution >= 0.6 is 23.2 Å². The first-order valence-corrected chi connectivity index (χ1v) is 8.65. The molecule has 0 unspecified atom stereocenters. The second-order valence-electron chi connectivity index (χ2n) is 5.73. The fourth-order valence-corrected chi connectivity index (χ4v) is 3.29. The van der Waals surface area contributed by atoms with Gasteiger partial charge in [-0.15, -0.1) is 0 Å². The van der Waals surface area contributed by atoms with E-state index in [9.17, 15) is 10.2 Å². The highest BCUT2D eigenvalue weighted by atomic mass is 35.5. The summed E-state index contributed by atoms with van der Waals surface area (Å²) in [6, 6.07) is 12.3. The van der Waals surface area contributed by atoms with Crippen LogP contribution in [-0.2, 0) is 0 Å². The van der Waals surface area contributed by atoms with Crippen molar-refractivity contribution >= 4 is 34.4 Å². The average Bonchev–Trinajstić information content (AvgIpc) is 3.08. The lowest BCUT2D eigenvalue weighted by molar-refractivity contribution is 0.415. The van der Waals surface area contributed by atoms with Crippen molar-refractivity contribution in [3.8, 4) is 34.3 Å². The Labute approximate surface area is 164 Å². The number of aromatic nitrogens is 3. The van der Waals surface area contributed by atoms with Gasteiger partial charge < -0.3 is 14.9 Å². The summed E-state index contributed by atoms with van der Waals surface area (Å²) in [4.78, 5) is 9.00. The molecule has 0 atom stereocenters. The van der Waals surface area contributed by atoms with Gasteiger partial charge in [0.15, 0.2) is 17.2 Å². The van der Waals surface area contributed by atoms with E-state index in [2.05, 4.69) is 9.97 Å². The molecule has 0 bridgehead atoms. The summed E-state index contributed by atoms with van der Waals surface area (Å²) in [7, 11) is 1.59. The summed E-state index contributed by atoms with van der Waals surface area (Å²) in [5.74, 6) is 0.389. The molecule has 0 aliphatic heterocycles. The van der Waals surface area contributed by atoms with Crippen LogP contribution in [0.5, 0.6) is 17.2 Å². The number of fused-ring (bicyclic) bond motifs is 1. The molecule has 0 saturated carbocycles. The fourth-order valence-electron chi connectivity index (χ4n) is 2.84. The minimum Gasteiger partial charge on any atom is -0.505 e. The van der Waals surface area contributed by atoms with Crippen LogP contribution in [0.3, 0.4) is 0 Å². The zero-order valence-electron chi connectivity index (χ0n) is 14.0. The molecule has 2 aromatic heterocycles. The molecule has 0 amide bonds. The van der Waals surface area contributed by atoms with E-state index >= 15 is 0 Å². The topological polar surface area (TPSA) is 80.4 Å². The molecule has 0 fully saturated rings. The Morgan fingerprint density at radius 2 is 1.78 bits per heavy atom. The average molecular weight is 402 g/mol. The van der Waals surface area contributed by atoms with E-state index in [1.165, 1.54) is 6.07 Å². The van der Waals surface area contributed by atoms with Gasteiger partial charge in [-0.2, -0.15) is 0 Å². The van der Waals surface area contributed by atoms with Crippen LogP contribution < -0.4 is 4.74 Å². The Bertz CT molecular complexity index is 1160. The number of aromatic hydroxyl groups is 2. The first-order chi connectivity index (χ1) is 13.0. The van der Waals surface area contributed by atoms with Gasteiger partial charge in [0.05, 0.1) is 17.7 Å². The third kappa shape index (κ3) is 2.83. The van der Waals surface area contributed by atoms with Gasteiger partial charge in [0.1, 0.15) is 22.0 Å². The molecule has 4 rings (SSSR count). The number of halogens is 2. The molecule has 2 N–H and O–H groups in total. The van der Waals surface area contributed by atoms with Crippen LogP contribution in [0.15, 0.2) is 48.7 Å². The number of nitrogens with zero attached hydrogens (tertiary/aromatic N) is 3. The summed E-state index contributed by atoms with van der Waals surface area (Å²) in [6.07, 6.45) is 1.66. The van der Waals surface area contributed by atoms with Crippen molar-refractivity contribution in [3.63, 3.8) is 0 Å². The van der Waals surface area contributed by atoms with E-state index in [0.717, 1.165) is 5.69 Å². The summed E-state index contributed by atoms with van der Waals surface area (Å²) in [5, 5.41) is 20.1. The minimum atomic E-state index is -0.384. The lowest BCUT2D eigenvalue weighted by Gasteiger charge is -2.12. The standard InChI is InChI=1S/C19H13Cl2N3O3/c1-27-11-6-4-10(5-7-11)24-18(23-14-3-2-8-22-19(14)24)12-9-13(20)17(26)15(21)16(12)25/h2-9,25-26H,1H3. The minimum absolute atomic E-state index is 0.00842. The maximum atomic E-state index is 10.5. The Morgan fingerprint density at radius 3 is 2.48 bits per heavy atom. The lowest BCUT2D eigenvalue weighted by atomic mass is 10.1. The highest BCUT2D eigenvalue weighted by Gasteiger charge is 2.22. The Morgan fingerprint density at radius 1 is 1.04 bits per heavy atom. The summed E-state index contributed by atoms with van der Waals surface area (Å²) < 4.78 is 6.98. The van der Waals surface area contributed by atoms with Gasteiger partial charge in [0, 0.05) is 11.9 Å². The van der Waals surface area contributed by atoms with Gasteiger partial charge in [0.25, 0.3) is 0 Å². The number of hydrogen-bond donors (Lipinski definition) is 2. The van der Waals surface area contributed by atoms with Crippen LogP contribution in [0, 0.1) is 0 Å². The number of imidazole rings is 1. The monoisotopic (exact) mass is 401 g/mol. The summed E-state index contributed by atoms with van der Waals surface area (Å²) in [5.41, 5.74) is 2.25. The van der Waals surface area contributed by atoms with E-state index < -0.39 is 0 Å². The van der Waals surface area contributed by atoms with Crippen LogP contribution in [0.2, 0.25) is 10.0 Å². The predicted molar refractivity (Wildman–Crippen MR) is 104 cm³/mol. The highest BCUT2D eigenvalue weighted by Crippen LogP contribution is 2.45. The zero-order chi connectivity index (χ0) is 19.1. The second kappa shape index (κ2) is 6.64. The number of hydrogen-bond acceptors (Lipinski definition) is 5. The first-order valence-electron chi connectivity index (χ1n) is 7.89. The van der Waals surface area contributed by atoms with Crippen molar-refractivity contribution < 1.29 is 14.9 Å². The molecule has 4 aromatic rings. The van der Waals surface area contributed by atoms with Gasteiger partial charge in [-0.3, -0.25) is 4.57 Å². The summed E-state index contributed by atoms with van der Waals surface area (Å²) in [6.45, 7) is 0. The smallest absolute Gasteiger partial charge is 0.164 e. The van der Waals surface area contributed by atoms with Gasteiger partial charge in [-0.25, -0.2) is 9.97 Å². The first kappa shape index (κ1) is 17.5. The molecule has 2 heterocycles. The van der Waals surface area contributed by atoms with Crippen molar-refractivity contribution in [2.75, 3.05) is 7.11 Å². The lowest BCUT2D eigenvalue weighted by Crippen LogP contribution is -1.99. The van der Waals surface area contributed by atoms with E-state index in [1.807, 2.05) is 30.3 Å².